The molecular formula is C13H14BrIN2S. The van der Waals surface area contributed by atoms with Crippen LogP contribution in [0.5, 0.6) is 0 Å². The van der Waals surface area contributed by atoms with E-state index in [-0.39, 0.29) is 6.04 Å². The Kier molecular flexibility index (Phi) is 4.80. The van der Waals surface area contributed by atoms with Gasteiger partial charge in [0.05, 0.1) is 10.7 Å². The van der Waals surface area contributed by atoms with Gasteiger partial charge < -0.3 is 5.73 Å². The molecule has 0 bridgehead atoms. The highest BCUT2D eigenvalue weighted by Crippen LogP contribution is 2.27. The number of rotatable bonds is 3. The minimum atomic E-state index is -0.000602. The van der Waals surface area contributed by atoms with E-state index in [0.29, 0.717) is 0 Å². The quantitative estimate of drug-likeness (QED) is 0.725. The van der Waals surface area contributed by atoms with Gasteiger partial charge in [-0.1, -0.05) is 15.9 Å². The molecule has 1 unspecified atom stereocenters. The molecule has 1 aromatic heterocycles. The Labute approximate surface area is 133 Å². The Morgan fingerprint density at radius 3 is 2.78 bits per heavy atom. The van der Waals surface area contributed by atoms with E-state index >= 15 is 0 Å². The highest BCUT2D eigenvalue weighted by atomic mass is 127. The number of thiazole rings is 1. The lowest BCUT2D eigenvalue weighted by atomic mass is 10.1. The van der Waals surface area contributed by atoms with Crippen LogP contribution < -0.4 is 5.73 Å². The van der Waals surface area contributed by atoms with Crippen molar-refractivity contribution < 1.29 is 0 Å². The number of hydrogen-bond donors (Lipinski definition) is 1. The summed E-state index contributed by atoms with van der Waals surface area (Å²) in [5.74, 6) is 0. The molecule has 0 saturated heterocycles. The zero-order chi connectivity index (χ0) is 13.3. The lowest BCUT2D eigenvalue weighted by Gasteiger charge is -2.13. The summed E-state index contributed by atoms with van der Waals surface area (Å²) in [6.07, 6.45) is 0.797. The molecule has 1 heterocycles. The standard InChI is InChI=1S/C13H14BrIN2S/c1-7-8(2)18-13(17-7)6-12(16)10-5-9(14)3-4-11(10)15/h3-5,12H,6,16H2,1-2H3. The van der Waals surface area contributed by atoms with E-state index in [9.17, 15) is 0 Å². The monoisotopic (exact) mass is 436 g/mol. The van der Waals surface area contributed by atoms with Crippen LogP contribution in [0.3, 0.4) is 0 Å². The Bertz CT molecular complexity index is 549. The molecule has 0 amide bonds. The molecule has 0 aliphatic carbocycles. The summed E-state index contributed by atoms with van der Waals surface area (Å²) in [6.45, 7) is 4.15. The van der Waals surface area contributed by atoms with Gasteiger partial charge in [-0.25, -0.2) is 4.98 Å². The van der Waals surface area contributed by atoms with Crippen LogP contribution >= 0.6 is 49.9 Å². The first-order valence-electron chi connectivity index (χ1n) is 5.61. The first kappa shape index (κ1) is 14.4. The average molecular weight is 437 g/mol. The van der Waals surface area contributed by atoms with E-state index in [1.165, 1.54) is 14.0 Å². The minimum Gasteiger partial charge on any atom is -0.324 e. The molecule has 0 fully saturated rings. The highest BCUT2D eigenvalue weighted by Gasteiger charge is 2.14. The van der Waals surface area contributed by atoms with Gasteiger partial charge in [0.1, 0.15) is 0 Å². The van der Waals surface area contributed by atoms with Gasteiger partial charge in [-0.2, -0.15) is 0 Å². The van der Waals surface area contributed by atoms with Gasteiger partial charge in [-0.15, -0.1) is 11.3 Å². The second-order valence-corrected chi connectivity index (χ2v) is 7.59. The molecule has 2 N–H and O–H groups in total. The van der Waals surface area contributed by atoms with Crippen molar-refractivity contribution in [2.45, 2.75) is 26.3 Å². The third kappa shape index (κ3) is 3.31. The fourth-order valence-corrected chi connectivity index (χ4v) is 3.83. The third-order valence-corrected chi connectivity index (χ3v) is 5.40. The van der Waals surface area contributed by atoms with E-state index < -0.39 is 0 Å². The smallest absolute Gasteiger partial charge is 0.0949 e. The molecule has 96 valence electrons. The van der Waals surface area contributed by atoms with Gasteiger partial charge in [-0.05, 0) is 60.2 Å². The maximum Gasteiger partial charge on any atom is 0.0949 e. The second kappa shape index (κ2) is 5.98. The number of halogens is 2. The summed E-state index contributed by atoms with van der Waals surface area (Å²) in [5, 5.41) is 1.12. The van der Waals surface area contributed by atoms with Crippen molar-refractivity contribution in [1.29, 1.82) is 0 Å². The zero-order valence-electron chi connectivity index (χ0n) is 10.2. The molecule has 2 nitrogen and oxygen atoms in total. The Balaban J connectivity index is 2.21. The highest BCUT2D eigenvalue weighted by molar-refractivity contribution is 14.1. The number of aromatic nitrogens is 1. The number of aryl methyl sites for hydroxylation is 2. The van der Waals surface area contributed by atoms with Crippen LogP contribution in [0.25, 0.3) is 0 Å². The van der Waals surface area contributed by atoms with Gasteiger partial charge >= 0.3 is 0 Å². The number of benzene rings is 1. The van der Waals surface area contributed by atoms with Crippen LogP contribution in [-0.2, 0) is 6.42 Å². The van der Waals surface area contributed by atoms with Crippen molar-refractivity contribution >= 4 is 49.9 Å². The number of nitrogens with zero attached hydrogens (tertiary/aromatic N) is 1. The van der Waals surface area contributed by atoms with E-state index in [1.54, 1.807) is 11.3 Å². The third-order valence-electron chi connectivity index (χ3n) is 2.82. The number of hydrogen-bond acceptors (Lipinski definition) is 3. The molecule has 2 rings (SSSR count). The molecule has 1 atom stereocenters. The summed E-state index contributed by atoms with van der Waals surface area (Å²) in [7, 11) is 0. The molecule has 18 heavy (non-hydrogen) atoms. The van der Waals surface area contributed by atoms with Gasteiger partial charge in [0.2, 0.25) is 0 Å². The molecule has 5 heteroatoms. The van der Waals surface area contributed by atoms with Crippen LogP contribution in [0.2, 0.25) is 0 Å². The molecule has 0 radical (unpaired) electrons. The largest absolute Gasteiger partial charge is 0.324 e. The fraction of sp³-hybridized carbons (Fsp3) is 0.308. The molecule has 0 spiro atoms. The Morgan fingerprint density at radius 2 is 2.17 bits per heavy atom. The van der Waals surface area contributed by atoms with Gasteiger partial charge in [0, 0.05) is 25.4 Å². The maximum absolute atomic E-state index is 6.30. The predicted octanol–water partition coefficient (Wildman–Crippen LogP) is 4.37. The lowest BCUT2D eigenvalue weighted by molar-refractivity contribution is 0.712. The first-order valence-corrected chi connectivity index (χ1v) is 8.29. The second-order valence-electron chi connectivity index (χ2n) is 4.23. The van der Waals surface area contributed by atoms with Crippen LogP contribution in [0.15, 0.2) is 22.7 Å². The molecule has 0 aliphatic rings. The van der Waals surface area contributed by atoms with Gasteiger partial charge in [-0.3, -0.25) is 0 Å². The van der Waals surface area contributed by atoms with Crippen LogP contribution in [-0.4, -0.2) is 4.98 Å². The van der Waals surface area contributed by atoms with E-state index in [1.807, 2.05) is 13.0 Å². The number of nitrogens with two attached hydrogens (primary N) is 1. The molecule has 1 aromatic carbocycles. The SMILES string of the molecule is Cc1nc(CC(N)c2cc(Br)ccc2I)sc1C. The van der Waals surface area contributed by atoms with Crippen molar-refractivity contribution in [2.24, 2.45) is 5.73 Å². The van der Waals surface area contributed by atoms with Crippen molar-refractivity contribution in [3.63, 3.8) is 0 Å². The molecular weight excluding hydrogens is 423 g/mol. The van der Waals surface area contributed by atoms with Crippen LogP contribution in [0.1, 0.15) is 27.2 Å². The Hall–Kier alpha value is 0.0200. The fourth-order valence-electron chi connectivity index (χ4n) is 1.72. The summed E-state index contributed by atoms with van der Waals surface area (Å²) in [6, 6.07) is 6.22. The maximum atomic E-state index is 6.30. The normalized spacial score (nSPS) is 12.7. The van der Waals surface area contributed by atoms with Crippen molar-refractivity contribution in [1.82, 2.24) is 4.98 Å². The topological polar surface area (TPSA) is 38.9 Å². The molecule has 2 aromatic rings. The van der Waals surface area contributed by atoms with Gasteiger partial charge in [0.15, 0.2) is 0 Å². The predicted molar refractivity (Wildman–Crippen MR) is 89.1 cm³/mol. The molecule has 0 aliphatic heterocycles. The van der Waals surface area contributed by atoms with Crippen molar-refractivity contribution in [2.75, 3.05) is 0 Å². The minimum absolute atomic E-state index is 0.000602. The van der Waals surface area contributed by atoms with Crippen LogP contribution in [0, 0.1) is 17.4 Å². The summed E-state index contributed by atoms with van der Waals surface area (Å²) >= 11 is 7.57. The summed E-state index contributed by atoms with van der Waals surface area (Å²) in [4.78, 5) is 5.83. The zero-order valence-corrected chi connectivity index (χ0v) is 14.8. The van der Waals surface area contributed by atoms with E-state index in [4.69, 9.17) is 5.73 Å². The summed E-state index contributed by atoms with van der Waals surface area (Å²) < 4.78 is 2.27. The average Bonchev–Trinajstić information content (AvgIpc) is 2.61. The van der Waals surface area contributed by atoms with Crippen LogP contribution in [0.4, 0.5) is 0 Å². The molecule has 0 saturated carbocycles. The summed E-state index contributed by atoms with van der Waals surface area (Å²) in [5.41, 5.74) is 8.59. The van der Waals surface area contributed by atoms with Crippen molar-refractivity contribution in [3.8, 4) is 0 Å². The lowest BCUT2D eigenvalue weighted by Crippen LogP contribution is -2.14. The van der Waals surface area contributed by atoms with E-state index in [2.05, 4.69) is 62.6 Å². The van der Waals surface area contributed by atoms with Crippen molar-refractivity contribution in [3.05, 3.63) is 47.4 Å². The Morgan fingerprint density at radius 1 is 1.44 bits per heavy atom. The van der Waals surface area contributed by atoms with Gasteiger partial charge in [0.25, 0.3) is 0 Å². The van der Waals surface area contributed by atoms with E-state index in [0.717, 1.165) is 21.6 Å². The first-order chi connectivity index (χ1) is 8.47.